The number of nitrogens with two attached hydrogens (primary N) is 1. The quantitative estimate of drug-likeness (QED) is 0.892. The van der Waals surface area contributed by atoms with E-state index >= 15 is 0 Å². The lowest BCUT2D eigenvalue weighted by Gasteiger charge is -2.37. The van der Waals surface area contributed by atoms with Crippen molar-refractivity contribution < 1.29 is 9.59 Å². The van der Waals surface area contributed by atoms with Crippen LogP contribution in [0.15, 0.2) is 47.8 Å². The lowest BCUT2D eigenvalue weighted by molar-refractivity contribution is -0.146. The molecule has 5 nitrogen and oxygen atoms in total. The minimum atomic E-state index is -0.559. The van der Waals surface area contributed by atoms with Gasteiger partial charge >= 0.3 is 0 Å². The van der Waals surface area contributed by atoms with Gasteiger partial charge in [-0.1, -0.05) is 43.3 Å². The summed E-state index contributed by atoms with van der Waals surface area (Å²) >= 11 is 1.48. The number of nitrogens with one attached hydrogen (secondary N) is 1. The highest BCUT2D eigenvalue weighted by atomic mass is 32.1. The number of thiophene rings is 1. The van der Waals surface area contributed by atoms with E-state index in [4.69, 9.17) is 5.73 Å². The van der Waals surface area contributed by atoms with Gasteiger partial charge in [0.05, 0.1) is 5.92 Å². The van der Waals surface area contributed by atoms with Crippen molar-refractivity contribution in [3.05, 3.63) is 58.3 Å². The van der Waals surface area contributed by atoms with E-state index in [1.165, 1.54) is 11.3 Å². The standard InChI is InChI=1S/C18H21N3O2S/c1-12(15(19)13-6-3-2-4-7-13)18(23)21-10-9-20-17(22)16(21)14-8-5-11-24-14/h2-8,11-12,15-16H,9-10,19H2,1H3,(H,20,22). The number of benzene rings is 1. The highest BCUT2D eigenvalue weighted by molar-refractivity contribution is 7.10. The molecule has 2 amide bonds. The van der Waals surface area contributed by atoms with Gasteiger partial charge in [-0.15, -0.1) is 11.3 Å². The Morgan fingerprint density at radius 2 is 2.04 bits per heavy atom. The predicted octanol–water partition coefficient (Wildman–Crippen LogP) is 2.08. The molecule has 1 fully saturated rings. The van der Waals surface area contributed by atoms with E-state index in [1.54, 1.807) is 4.90 Å². The molecule has 2 heterocycles. The van der Waals surface area contributed by atoms with Crippen LogP contribution in [0.25, 0.3) is 0 Å². The van der Waals surface area contributed by atoms with Crippen molar-refractivity contribution in [1.82, 2.24) is 10.2 Å². The Hall–Kier alpha value is -2.18. The van der Waals surface area contributed by atoms with Crippen LogP contribution in [0.4, 0.5) is 0 Å². The van der Waals surface area contributed by atoms with E-state index in [0.717, 1.165) is 10.4 Å². The predicted molar refractivity (Wildman–Crippen MR) is 94.3 cm³/mol. The summed E-state index contributed by atoms with van der Waals surface area (Å²) in [5.41, 5.74) is 7.22. The Balaban J connectivity index is 1.83. The molecule has 0 aliphatic carbocycles. The maximum absolute atomic E-state index is 13.0. The Bertz CT molecular complexity index is 702. The van der Waals surface area contributed by atoms with Crippen molar-refractivity contribution in [3.63, 3.8) is 0 Å². The van der Waals surface area contributed by atoms with Gasteiger partial charge < -0.3 is 16.0 Å². The summed E-state index contributed by atoms with van der Waals surface area (Å²) in [4.78, 5) is 27.9. The normalized spacial score (nSPS) is 20.3. The first-order chi connectivity index (χ1) is 11.6. The molecule has 126 valence electrons. The van der Waals surface area contributed by atoms with Crippen molar-refractivity contribution in [2.45, 2.75) is 19.0 Å². The van der Waals surface area contributed by atoms with Crippen molar-refractivity contribution in [3.8, 4) is 0 Å². The van der Waals surface area contributed by atoms with E-state index in [0.29, 0.717) is 13.1 Å². The lowest BCUT2D eigenvalue weighted by Crippen LogP contribution is -2.54. The molecule has 6 heteroatoms. The first kappa shape index (κ1) is 16.7. The molecule has 0 spiro atoms. The van der Waals surface area contributed by atoms with Gasteiger partial charge in [-0.25, -0.2) is 0 Å². The zero-order valence-electron chi connectivity index (χ0n) is 13.5. The molecule has 1 saturated heterocycles. The zero-order chi connectivity index (χ0) is 17.1. The maximum Gasteiger partial charge on any atom is 0.248 e. The summed E-state index contributed by atoms with van der Waals surface area (Å²) in [5.74, 6) is -0.613. The van der Waals surface area contributed by atoms with E-state index in [-0.39, 0.29) is 11.8 Å². The van der Waals surface area contributed by atoms with E-state index in [9.17, 15) is 9.59 Å². The second-order valence-corrected chi connectivity index (χ2v) is 6.95. The second kappa shape index (κ2) is 7.15. The first-order valence-electron chi connectivity index (χ1n) is 8.01. The van der Waals surface area contributed by atoms with E-state index < -0.39 is 18.0 Å². The summed E-state index contributed by atoms with van der Waals surface area (Å²) in [6, 6.07) is 12.4. The summed E-state index contributed by atoms with van der Waals surface area (Å²) < 4.78 is 0. The molecular formula is C18H21N3O2S. The van der Waals surface area contributed by atoms with E-state index in [2.05, 4.69) is 5.32 Å². The molecule has 3 unspecified atom stereocenters. The third kappa shape index (κ3) is 3.20. The molecule has 0 radical (unpaired) electrons. The topological polar surface area (TPSA) is 75.4 Å². The lowest BCUT2D eigenvalue weighted by atomic mass is 9.93. The van der Waals surface area contributed by atoms with Gasteiger partial charge in [0.2, 0.25) is 11.8 Å². The minimum absolute atomic E-state index is 0.0837. The highest BCUT2D eigenvalue weighted by Gasteiger charge is 2.38. The van der Waals surface area contributed by atoms with Crippen molar-refractivity contribution in [2.24, 2.45) is 11.7 Å². The molecule has 3 N–H and O–H groups in total. The highest BCUT2D eigenvalue weighted by Crippen LogP contribution is 2.30. The largest absolute Gasteiger partial charge is 0.352 e. The fourth-order valence-corrected chi connectivity index (χ4v) is 3.85. The molecule has 2 aromatic rings. The average Bonchev–Trinajstić information content (AvgIpc) is 3.14. The van der Waals surface area contributed by atoms with Gasteiger partial charge in [-0.3, -0.25) is 9.59 Å². The van der Waals surface area contributed by atoms with Crippen LogP contribution in [0.2, 0.25) is 0 Å². The SMILES string of the molecule is CC(C(=O)N1CCNC(=O)C1c1cccs1)C(N)c1ccccc1. The number of nitrogens with zero attached hydrogens (tertiary/aromatic N) is 1. The fraction of sp³-hybridized carbons (Fsp3) is 0.333. The minimum Gasteiger partial charge on any atom is -0.352 e. The summed E-state index contributed by atoms with van der Waals surface area (Å²) in [7, 11) is 0. The molecule has 1 aliphatic rings. The van der Waals surface area contributed by atoms with Crippen molar-refractivity contribution in [1.29, 1.82) is 0 Å². The molecule has 0 bridgehead atoms. The monoisotopic (exact) mass is 343 g/mol. The molecule has 24 heavy (non-hydrogen) atoms. The van der Waals surface area contributed by atoms with Gasteiger partial charge in [0.25, 0.3) is 0 Å². The van der Waals surface area contributed by atoms with Crippen molar-refractivity contribution in [2.75, 3.05) is 13.1 Å². The molecule has 1 aromatic heterocycles. The van der Waals surface area contributed by atoms with Crippen LogP contribution in [0, 0.1) is 5.92 Å². The average molecular weight is 343 g/mol. The molecular weight excluding hydrogens is 322 g/mol. The number of hydrogen-bond donors (Lipinski definition) is 2. The van der Waals surface area contributed by atoms with Gasteiger partial charge in [0.1, 0.15) is 6.04 Å². The Morgan fingerprint density at radius 1 is 1.29 bits per heavy atom. The second-order valence-electron chi connectivity index (χ2n) is 5.97. The molecule has 0 saturated carbocycles. The Kier molecular flexibility index (Phi) is 4.97. The number of hydrogen-bond acceptors (Lipinski definition) is 4. The van der Waals surface area contributed by atoms with Gasteiger partial charge in [0.15, 0.2) is 0 Å². The molecule has 1 aliphatic heterocycles. The van der Waals surface area contributed by atoms with Crippen LogP contribution in [0.1, 0.15) is 29.4 Å². The van der Waals surface area contributed by atoms with Crippen LogP contribution < -0.4 is 11.1 Å². The number of carbonyl (C=O) groups excluding carboxylic acids is 2. The summed E-state index contributed by atoms with van der Waals surface area (Å²) in [6.07, 6.45) is 0. The number of amides is 2. The molecule has 1 aromatic carbocycles. The Labute approximate surface area is 145 Å². The van der Waals surface area contributed by atoms with Crippen LogP contribution >= 0.6 is 11.3 Å². The maximum atomic E-state index is 13.0. The molecule has 3 atom stereocenters. The third-order valence-electron chi connectivity index (χ3n) is 4.42. The zero-order valence-corrected chi connectivity index (χ0v) is 14.3. The van der Waals surface area contributed by atoms with Gasteiger partial charge in [-0.2, -0.15) is 0 Å². The van der Waals surface area contributed by atoms with Crippen LogP contribution in [0.3, 0.4) is 0 Å². The third-order valence-corrected chi connectivity index (χ3v) is 5.35. The molecule has 3 rings (SSSR count). The van der Waals surface area contributed by atoms with E-state index in [1.807, 2.05) is 54.8 Å². The Morgan fingerprint density at radius 3 is 2.71 bits per heavy atom. The number of rotatable bonds is 4. The van der Waals surface area contributed by atoms with Crippen LogP contribution in [-0.2, 0) is 9.59 Å². The smallest absolute Gasteiger partial charge is 0.248 e. The first-order valence-corrected chi connectivity index (χ1v) is 8.89. The summed E-state index contributed by atoms with van der Waals surface area (Å²) in [6.45, 7) is 2.80. The number of piperazine rings is 1. The fourth-order valence-electron chi connectivity index (χ4n) is 3.01. The van der Waals surface area contributed by atoms with Gasteiger partial charge in [-0.05, 0) is 17.0 Å². The van der Waals surface area contributed by atoms with Crippen LogP contribution in [-0.4, -0.2) is 29.8 Å². The van der Waals surface area contributed by atoms with Gasteiger partial charge in [0, 0.05) is 24.0 Å². The summed E-state index contributed by atoms with van der Waals surface area (Å²) in [5, 5.41) is 4.76. The van der Waals surface area contributed by atoms with Crippen molar-refractivity contribution >= 4 is 23.2 Å². The number of carbonyl (C=O) groups is 2. The van der Waals surface area contributed by atoms with Crippen LogP contribution in [0.5, 0.6) is 0 Å².